The van der Waals surface area contributed by atoms with E-state index in [0.717, 1.165) is 5.75 Å². The molecule has 1 aromatic carbocycles. The van der Waals surface area contributed by atoms with E-state index in [-0.39, 0.29) is 24.3 Å². The van der Waals surface area contributed by atoms with Gasteiger partial charge in [-0.2, -0.15) is 0 Å². The monoisotopic (exact) mass is 417 g/mol. The predicted molar refractivity (Wildman–Crippen MR) is 115 cm³/mol. The zero-order valence-electron chi connectivity index (χ0n) is 18.7. The largest absolute Gasteiger partial charge is 0.486 e. The number of carbonyl (C=O) groups excluding carboxylic acids is 1. The number of furan rings is 1. The van der Waals surface area contributed by atoms with Gasteiger partial charge in [0.05, 0.1) is 45.7 Å². The summed E-state index contributed by atoms with van der Waals surface area (Å²) in [6.45, 7) is 7.15. The van der Waals surface area contributed by atoms with Gasteiger partial charge in [-0.1, -0.05) is 32.9 Å². The summed E-state index contributed by atoms with van der Waals surface area (Å²) in [6.07, 6.45) is 1.22. The Labute approximate surface area is 178 Å². The van der Waals surface area contributed by atoms with Crippen molar-refractivity contribution in [2.45, 2.75) is 45.3 Å². The molecule has 7 heteroatoms. The molecular formula is C23H33N2O5+. The van der Waals surface area contributed by atoms with Crippen molar-refractivity contribution in [3.8, 4) is 5.75 Å². The zero-order valence-corrected chi connectivity index (χ0v) is 18.7. The van der Waals surface area contributed by atoms with Gasteiger partial charge in [-0.15, -0.1) is 0 Å². The molecule has 0 aliphatic heterocycles. The average Bonchev–Trinajstić information content (AvgIpc) is 3.06. The summed E-state index contributed by atoms with van der Waals surface area (Å²) in [6, 6.07) is 9.03. The third-order valence-electron chi connectivity index (χ3n) is 4.54. The first-order valence-electron chi connectivity index (χ1n) is 9.97. The summed E-state index contributed by atoms with van der Waals surface area (Å²) >= 11 is 0. The highest BCUT2D eigenvalue weighted by Crippen LogP contribution is 2.24. The van der Waals surface area contributed by atoms with E-state index in [1.54, 1.807) is 6.07 Å². The molecule has 30 heavy (non-hydrogen) atoms. The highest BCUT2D eigenvalue weighted by Gasteiger charge is 2.24. The van der Waals surface area contributed by atoms with Crippen LogP contribution in [0.3, 0.4) is 0 Å². The highest BCUT2D eigenvalue weighted by molar-refractivity contribution is 5.94. The van der Waals surface area contributed by atoms with Gasteiger partial charge >= 0.3 is 5.97 Å². The molecular weight excluding hydrogens is 384 g/mol. The smallest absolute Gasteiger partial charge is 0.305 e. The maximum Gasteiger partial charge on any atom is 0.305 e. The van der Waals surface area contributed by atoms with Gasteiger partial charge in [-0.3, -0.25) is 9.59 Å². The Balaban J connectivity index is 1.96. The molecule has 2 N–H and O–H groups in total. The Bertz CT molecular complexity index is 857. The van der Waals surface area contributed by atoms with Gasteiger partial charge in [-0.05, 0) is 29.2 Å². The van der Waals surface area contributed by atoms with Crippen LogP contribution in [0.2, 0.25) is 0 Å². The van der Waals surface area contributed by atoms with Crippen LogP contribution in [0.4, 0.5) is 0 Å². The molecule has 2 rings (SSSR count). The number of carboxylic acids is 1. The summed E-state index contributed by atoms with van der Waals surface area (Å²) in [5, 5.41) is 11.9. The van der Waals surface area contributed by atoms with E-state index in [0.29, 0.717) is 22.4 Å². The van der Waals surface area contributed by atoms with Crippen molar-refractivity contribution in [1.29, 1.82) is 0 Å². The molecule has 0 saturated heterocycles. The van der Waals surface area contributed by atoms with Gasteiger partial charge < -0.3 is 24.1 Å². The molecule has 0 aliphatic carbocycles. The first kappa shape index (κ1) is 23.5. The van der Waals surface area contributed by atoms with E-state index in [4.69, 9.17) is 14.3 Å². The van der Waals surface area contributed by atoms with Crippen molar-refractivity contribution in [3.05, 3.63) is 53.5 Å². The van der Waals surface area contributed by atoms with Gasteiger partial charge in [0.2, 0.25) is 0 Å². The third kappa shape index (κ3) is 7.55. The normalized spacial score (nSPS) is 13.0. The van der Waals surface area contributed by atoms with E-state index in [9.17, 15) is 9.59 Å². The maximum absolute atomic E-state index is 12.5. The number of hydrogen-bond donors (Lipinski definition) is 2. The highest BCUT2D eigenvalue weighted by atomic mass is 16.5. The number of amides is 1. The van der Waals surface area contributed by atoms with Crippen molar-refractivity contribution < 1.29 is 28.3 Å². The lowest BCUT2D eigenvalue weighted by molar-refractivity contribution is -0.871. The Kier molecular flexibility index (Phi) is 7.31. The van der Waals surface area contributed by atoms with E-state index in [1.165, 1.54) is 11.8 Å². The SMILES string of the molecule is CC(C)(C)c1ccc(OCc2cc(C(=O)N[C@H](CC(=O)O)C[N+](C)(C)C)co2)cc1. The van der Waals surface area contributed by atoms with Crippen molar-refractivity contribution in [1.82, 2.24) is 5.32 Å². The van der Waals surface area contributed by atoms with E-state index >= 15 is 0 Å². The number of hydrogen-bond acceptors (Lipinski definition) is 4. The minimum atomic E-state index is -0.951. The van der Waals surface area contributed by atoms with E-state index < -0.39 is 12.0 Å². The van der Waals surface area contributed by atoms with Crippen molar-refractivity contribution in [3.63, 3.8) is 0 Å². The van der Waals surface area contributed by atoms with Crippen molar-refractivity contribution in [2.75, 3.05) is 27.7 Å². The summed E-state index contributed by atoms with van der Waals surface area (Å²) in [5.41, 5.74) is 1.64. The Morgan fingerprint density at radius 2 is 1.80 bits per heavy atom. The number of likely N-dealkylation sites (N-methyl/N-ethyl adjacent to an activating group) is 1. The lowest BCUT2D eigenvalue weighted by atomic mass is 9.87. The van der Waals surface area contributed by atoms with E-state index in [1.807, 2.05) is 45.4 Å². The van der Waals surface area contributed by atoms with Gasteiger partial charge in [0.1, 0.15) is 24.4 Å². The first-order chi connectivity index (χ1) is 13.8. The van der Waals surface area contributed by atoms with Crippen LogP contribution in [0.1, 0.15) is 48.9 Å². The molecule has 0 radical (unpaired) electrons. The molecule has 1 atom stereocenters. The topological polar surface area (TPSA) is 88.8 Å². The molecule has 0 saturated carbocycles. The zero-order chi connectivity index (χ0) is 22.5. The average molecular weight is 418 g/mol. The molecule has 0 unspecified atom stereocenters. The predicted octanol–water partition coefficient (Wildman–Crippen LogP) is 3.44. The van der Waals surface area contributed by atoms with Crippen LogP contribution < -0.4 is 10.1 Å². The minimum absolute atomic E-state index is 0.0756. The number of carboxylic acid groups (broad SMARTS) is 1. The number of aliphatic carboxylic acids is 1. The number of carbonyl (C=O) groups is 2. The standard InChI is InChI=1S/C23H32N2O5/c1-23(2,3)17-7-9-19(10-8-17)30-15-20-11-16(14-29-20)22(28)24-18(12-21(26)27)13-25(4,5)6/h7-11,14,18H,12-13,15H2,1-6H3,(H-,24,26,27,28)/p+1/t18-/m1/s1. The lowest BCUT2D eigenvalue weighted by Crippen LogP contribution is -2.49. The molecule has 0 fully saturated rings. The minimum Gasteiger partial charge on any atom is -0.486 e. The lowest BCUT2D eigenvalue weighted by Gasteiger charge is -2.29. The first-order valence-corrected chi connectivity index (χ1v) is 9.97. The molecule has 0 bridgehead atoms. The van der Waals surface area contributed by atoms with Crippen LogP contribution in [0.15, 0.2) is 41.0 Å². The second kappa shape index (κ2) is 9.34. The fraction of sp³-hybridized carbons (Fsp3) is 0.478. The van der Waals surface area contributed by atoms with E-state index in [2.05, 4.69) is 26.1 Å². The Morgan fingerprint density at radius 1 is 1.17 bits per heavy atom. The molecule has 0 aliphatic rings. The number of nitrogens with one attached hydrogen (secondary N) is 1. The van der Waals surface area contributed by atoms with Gasteiger partial charge in [0, 0.05) is 0 Å². The summed E-state index contributed by atoms with van der Waals surface area (Å²) in [7, 11) is 5.84. The Morgan fingerprint density at radius 3 is 2.33 bits per heavy atom. The molecule has 1 amide bonds. The number of nitrogens with zero attached hydrogens (tertiary/aromatic N) is 1. The van der Waals surface area contributed by atoms with Crippen LogP contribution in [0.5, 0.6) is 5.75 Å². The fourth-order valence-electron chi connectivity index (χ4n) is 3.08. The summed E-state index contributed by atoms with van der Waals surface area (Å²) in [5.74, 6) is -0.0805. The fourth-order valence-corrected chi connectivity index (χ4v) is 3.08. The quantitative estimate of drug-likeness (QED) is 0.610. The molecule has 2 aromatic rings. The number of rotatable bonds is 9. The van der Waals surface area contributed by atoms with Crippen LogP contribution >= 0.6 is 0 Å². The van der Waals surface area contributed by atoms with Crippen molar-refractivity contribution in [2.24, 2.45) is 0 Å². The van der Waals surface area contributed by atoms with Crippen LogP contribution in [0, 0.1) is 0 Å². The molecule has 7 nitrogen and oxygen atoms in total. The Hall–Kier alpha value is -2.80. The molecule has 0 spiro atoms. The summed E-state index contributed by atoms with van der Waals surface area (Å²) < 4.78 is 11.7. The number of quaternary nitrogens is 1. The molecule has 164 valence electrons. The van der Waals surface area contributed by atoms with Gasteiger partial charge in [0.25, 0.3) is 5.91 Å². The number of benzene rings is 1. The van der Waals surface area contributed by atoms with Gasteiger partial charge in [-0.25, -0.2) is 0 Å². The maximum atomic E-state index is 12.5. The van der Waals surface area contributed by atoms with Crippen LogP contribution in [-0.4, -0.2) is 55.2 Å². The second-order valence-corrected chi connectivity index (χ2v) is 9.61. The van der Waals surface area contributed by atoms with Crippen LogP contribution in [-0.2, 0) is 16.8 Å². The molecule has 1 aromatic heterocycles. The second-order valence-electron chi connectivity index (χ2n) is 9.61. The third-order valence-corrected chi connectivity index (χ3v) is 4.54. The van der Waals surface area contributed by atoms with Crippen LogP contribution in [0.25, 0.3) is 0 Å². The number of ether oxygens (including phenoxy) is 1. The van der Waals surface area contributed by atoms with Crippen molar-refractivity contribution >= 4 is 11.9 Å². The van der Waals surface area contributed by atoms with Gasteiger partial charge in [0.15, 0.2) is 0 Å². The summed E-state index contributed by atoms with van der Waals surface area (Å²) in [4.78, 5) is 23.6. The molecule has 1 heterocycles.